The Bertz CT molecular complexity index is 1220. The lowest BCUT2D eigenvalue weighted by molar-refractivity contribution is -0.124. The zero-order valence-electron chi connectivity index (χ0n) is 16.8. The maximum atomic E-state index is 13.8. The van der Waals surface area contributed by atoms with Gasteiger partial charge in [0.15, 0.2) is 0 Å². The molecule has 0 unspecified atom stereocenters. The van der Waals surface area contributed by atoms with Crippen molar-refractivity contribution in [2.24, 2.45) is 0 Å². The molecule has 0 aliphatic carbocycles. The molecule has 6 nitrogen and oxygen atoms in total. The number of para-hydroxylation sites is 2. The van der Waals surface area contributed by atoms with Gasteiger partial charge in [-0.2, -0.15) is 0 Å². The average Bonchev–Trinajstić information content (AvgIpc) is 3.27. The molecule has 3 amide bonds. The van der Waals surface area contributed by atoms with Crippen LogP contribution in [0.25, 0.3) is 0 Å². The molecule has 1 atom stereocenters. The summed E-state index contributed by atoms with van der Waals surface area (Å²) in [7, 11) is 0. The lowest BCUT2D eigenvalue weighted by Gasteiger charge is -2.33. The van der Waals surface area contributed by atoms with Crippen LogP contribution in [0.15, 0.2) is 78.9 Å². The minimum absolute atomic E-state index is 0.157. The Morgan fingerprint density at radius 1 is 0.969 bits per heavy atom. The van der Waals surface area contributed by atoms with Gasteiger partial charge in [-0.05, 0) is 42.5 Å². The van der Waals surface area contributed by atoms with Gasteiger partial charge in [0.05, 0.1) is 11.4 Å². The van der Waals surface area contributed by atoms with Crippen molar-refractivity contribution in [3.05, 3.63) is 90.2 Å². The summed E-state index contributed by atoms with van der Waals surface area (Å²) in [5.41, 5.74) is 2.33. The summed E-state index contributed by atoms with van der Waals surface area (Å²) >= 11 is 1.26. The number of carbonyl (C=O) groups is 3. The van der Waals surface area contributed by atoms with Gasteiger partial charge in [-0.25, -0.2) is 4.39 Å². The monoisotopic (exact) mass is 447 g/mol. The molecular formula is C24H18FN3O3S. The van der Waals surface area contributed by atoms with Crippen LogP contribution in [-0.2, 0) is 19.3 Å². The Morgan fingerprint density at radius 2 is 1.66 bits per heavy atom. The summed E-state index contributed by atoms with van der Waals surface area (Å²) in [6.45, 7) is -0.230. The molecule has 160 valence electrons. The third-order valence-electron chi connectivity index (χ3n) is 5.51. The molecule has 1 saturated heterocycles. The van der Waals surface area contributed by atoms with Gasteiger partial charge in [-0.3, -0.25) is 24.2 Å². The van der Waals surface area contributed by atoms with E-state index >= 15 is 0 Å². The SMILES string of the molecule is O=C(CN1C(=O)[C@]2(SCC(=O)N2c2ccccc2)c2ccccc21)Nc1ccc(F)cc1. The third kappa shape index (κ3) is 3.15. The number of hydrogen-bond donors (Lipinski definition) is 1. The van der Waals surface area contributed by atoms with Crippen molar-refractivity contribution in [2.75, 3.05) is 27.4 Å². The average molecular weight is 447 g/mol. The van der Waals surface area contributed by atoms with Gasteiger partial charge in [0.25, 0.3) is 5.91 Å². The van der Waals surface area contributed by atoms with E-state index in [2.05, 4.69) is 5.32 Å². The second-order valence-corrected chi connectivity index (χ2v) is 8.63. The number of fused-ring (bicyclic) bond motifs is 2. The first-order valence-electron chi connectivity index (χ1n) is 9.99. The van der Waals surface area contributed by atoms with Crippen LogP contribution in [-0.4, -0.2) is 30.0 Å². The molecule has 0 aromatic heterocycles. The summed E-state index contributed by atoms with van der Waals surface area (Å²) in [5, 5.41) is 2.69. The van der Waals surface area contributed by atoms with Crippen LogP contribution in [0, 0.1) is 5.82 Å². The van der Waals surface area contributed by atoms with Gasteiger partial charge in [-0.1, -0.05) is 36.4 Å². The number of rotatable bonds is 4. The van der Waals surface area contributed by atoms with Crippen LogP contribution >= 0.6 is 11.8 Å². The van der Waals surface area contributed by atoms with Crippen LogP contribution in [0.3, 0.4) is 0 Å². The van der Waals surface area contributed by atoms with E-state index in [0.29, 0.717) is 22.6 Å². The number of anilines is 3. The van der Waals surface area contributed by atoms with E-state index < -0.39 is 16.6 Å². The number of hydrogen-bond acceptors (Lipinski definition) is 4. The van der Waals surface area contributed by atoms with Gasteiger partial charge < -0.3 is 5.32 Å². The smallest absolute Gasteiger partial charge is 0.269 e. The summed E-state index contributed by atoms with van der Waals surface area (Å²) in [4.78, 5) is 41.2. The number of carbonyl (C=O) groups excluding carboxylic acids is 3. The molecule has 0 saturated carbocycles. The lowest BCUT2D eigenvalue weighted by Crippen LogP contribution is -2.50. The van der Waals surface area contributed by atoms with E-state index in [0.717, 1.165) is 0 Å². The van der Waals surface area contributed by atoms with Crippen LogP contribution in [0.5, 0.6) is 0 Å². The Hall–Kier alpha value is -3.65. The van der Waals surface area contributed by atoms with E-state index in [-0.39, 0.29) is 24.1 Å². The minimum atomic E-state index is -1.26. The molecule has 3 aromatic rings. The molecule has 5 rings (SSSR count). The van der Waals surface area contributed by atoms with Crippen molar-refractivity contribution < 1.29 is 18.8 Å². The van der Waals surface area contributed by atoms with Gasteiger partial charge >= 0.3 is 0 Å². The molecule has 2 aliphatic rings. The number of amides is 3. The fourth-order valence-electron chi connectivity index (χ4n) is 4.17. The topological polar surface area (TPSA) is 69.7 Å². The molecule has 1 spiro atoms. The molecule has 0 bridgehead atoms. The second kappa shape index (κ2) is 7.80. The maximum absolute atomic E-state index is 13.8. The largest absolute Gasteiger partial charge is 0.325 e. The molecule has 2 aliphatic heterocycles. The minimum Gasteiger partial charge on any atom is -0.325 e. The van der Waals surface area contributed by atoms with Crippen molar-refractivity contribution in [3.8, 4) is 0 Å². The Labute approximate surface area is 188 Å². The highest BCUT2D eigenvalue weighted by atomic mass is 32.2. The van der Waals surface area contributed by atoms with Crippen LogP contribution in [0.1, 0.15) is 5.56 Å². The van der Waals surface area contributed by atoms with Crippen molar-refractivity contribution >= 4 is 46.5 Å². The maximum Gasteiger partial charge on any atom is 0.269 e. The fraction of sp³-hybridized carbons (Fsp3) is 0.125. The van der Waals surface area contributed by atoms with E-state index in [4.69, 9.17) is 0 Å². The second-order valence-electron chi connectivity index (χ2n) is 7.46. The van der Waals surface area contributed by atoms with Gasteiger partial charge in [0.2, 0.25) is 16.7 Å². The van der Waals surface area contributed by atoms with Crippen LogP contribution in [0.4, 0.5) is 21.5 Å². The van der Waals surface area contributed by atoms with E-state index in [1.165, 1.54) is 45.8 Å². The summed E-state index contributed by atoms with van der Waals surface area (Å²) in [5.74, 6) is -1.17. The van der Waals surface area contributed by atoms with Gasteiger partial charge in [-0.15, -0.1) is 11.8 Å². The molecule has 1 N–H and O–H groups in total. The summed E-state index contributed by atoms with van der Waals surface area (Å²) in [6, 6.07) is 21.7. The number of benzene rings is 3. The highest BCUT2D eigenvalue weighted by molar-refractivity contribution is 8.02. The van der Waals surface area contributed by atoms with Crippen molar-refractivity contribution in [3.63, 3.8) is 0 Å². The first-order valence-corrected chi connectivity index (χ1v) is 11.0. The predicted molar refractivity (Wildman–Crippen MR) is 122 cm³/mol. The highest BCUT2D eigenvalue weighted by Crippen LogP contribution is 2.55. The van der Waals surface area contributed by atoms with Crippen LogP contribution < -0.4 is 15.1 Å². The molecule has 3 aromatic carbocycles. The van der Waals surface area contributed by atoms with Gasteiger partial charge in [0, 0.05) is 16.9 Å². The molecule has 1 fully saturated rings. The van der Waals surface area contributed by atoms with Gasteiger partial charge in [0.1, 0.15) is 12.4 Å². The van der Waals surface area contributed by atoms with Crippen molar-refractivity contribution in [2.45, 2.75) is 4.87 Å². The zero-order valence-corrected chi connectivity index (χ0v) is 17.6. The Kier molecular flexibility index (Phi) is 4.94. The zero-order chi connectivity index (χ0) is 22.3. The fourth-order valence-corrected chi connectivity index (χ4v) is 5.53. The number of halogens is 1. The summed E-state index contributed by atoms with van der Waals surface area (Å²) in [6.07, 6.45) is 0. The van der Waals surface area contributed by atoms with E-state index in [1.807, 2.05) is 30.3 Å². The first kappa shape index (κ1) is 20.3. The molecule has 0 radical (unpaired) electrons. The van der Waals surface area contributed by atoms with E-state index in [1.54, 1.807) is 24.3 Å². The predicted octanol–water partition coefficient (Wildman–Crippen LogP) is 3.74. The van der Waals surface area contributed by atoms with E-state index in [9.17, 15) is 18.8 Å². The van der Waals surface area contributed by atoms with Crippen molar-refractivity contribution in [1.82, 2.24) is 0 Å². The molecule has 32 heavy (non-hydrogen) atoms. The summed E-state index contributed by atoms with van der Waals surface area (Å²) < 4.78 is 13.1. The van der Waals surface area contributed by atoms with Crippen molar-refractivity contribution in [1.29, 1.82) is 0 Å². The molecule has 2 heterocycles. The Morgan fingerprint density at radius 3 is 2.41 bits per heavy atom. The number of nitrogens with one attached hydrogen (secondary N) is 1. The quantitative estimate of drug-likeness (QED) is 0.662. The highest BCUT2D eigenvalue weighted by Gasteiger charge is 2.61. The van der Waals surface area contributed by atoms with Crippen LogP contribution in [0.2, 0.25) is 0 Å². The number of thioether (sulfide) groups is 1. The standard InChI is InChI=1S/C24H18FN3O3S/c25-16-10-12-17(13-11-16)26-21(29)14-27-20-9-5-4-8-19(20)24(23(27)31)28(22(30)15-32-24)18-6-2-1-3-7-18/h1-13H,14-15H2,(H,26,29)/t24-/m1/s1. The first-order chi connectivity index (χ1) is 15.5. The third-order valence-corrected chi connectivity index (χ3v) is 6.89. The molecular weight excluding hydrogens is 429 g/mol. The lowest BCUT2D eigenvalue weighted by atomic mass is 10.0. The normalized spacial score (nSPS) is 19.5. The number of nitrogens with zero attached hydrogens (tertiary/aromatic N) is 2. The molecule has 8 heteroatoms. The Balaban J connectivity index is 1.50.